The fraction of sp³-hybridized carbons (Fsp3) is 0.125. The monoisotopic (exact) mass is 675 g/mol. The van der Waals surface area contributed by atoms with Gasteiger partial charge in [-0.3, -0.25) is 0 Å². The topological polar surface area (TPSA) is 16.4 Å². The molecule has 2 heterocycles. The minimum atomic E-state index is 0.443. The molecule has 0 N–H and O–H groups in total. The standard InChI is InChI=1S/C48H37NOS/c1-30-15-22-40-38-12-6-7-13-39(38)41-23-20-36(27-44(41)43(40)25-30)49(37-21-24-42-46(28-37)50-45-14-8-9-31(2)48(42)45)35-18-16-32(17-19-35)34-26-47(51-29-34)33-10-4-3-5-11-33/h3-8,10-24,26-31H,9,25H2,1-2H3. The third kappa shape index (κ3) is 5.07. The second kappa shape index (κ2) is 12.0. The molecule has 51 heavy (non-hydrogen) atoms. The molecule has 0 aliphatic heterocycles. The Morgan fingerprint density at radius 3 is 2.20 bits per heavy atom. The zero-order chi connectivity index (χ0) is 34.1. The molecule has 2 nitrogen and oxygen atoms in total. The van der Waals surface area contributed by atoms with Gasteiger partial charge in [0.25, 0.3) is 0 Å². The fourth-order valence-corrected chi connectivity index (χ4v) is 9.29. The molecule has 0 amide bonds. The summed E-state index contributed by atoms with van der Waals surface area (Å²) in [7, 11) is 0. The van der Waals surface area contributed by atoms with E-state index in [0.29, 0.717) is 11.8 Å². The Kier molecular flexibility index (Phi) is 7.11. The van der Waals surface area contributed by atoms with Crippen LogP contribution in [0.3, 0.4) is 0 Å². The molecule has 0 saturated carbocycles. The van der Waals surface area contributed by atoms with Crippen molar-refractivity contribution in [1.82, 2.24) is 0 Å². The van der Waals surface area contributed by atoms with Crippen LogP contribution in [0.5, 0.6) is 0 Å². The van der Waals surface area contributed by atoms with E-state index < -0.39 is 0 Å². The zero-order valence-corrected chi connectivity index (χ0v) is 29.6. The van der Waals surface area contributed by atoms with Crippen LogP contribution in [0.1, 0.15) is 48.6 Å². The number of hydrogen-bond donors (Lipinski definition) is 0. The first-order valence-electron chi connectivity index (χ1n) is 18.0. The molecular formula is C48H37NOS. The molecule has 0 spiro atoms. The highest BCUT2D eigenvalue weighted by Crippen LogP contribution is 2.45. The summed E-state index contributed by atoms with van der Waals surface area (Å²) in [5.41, 5.74) is 12.1. The number of furan rings is 1. The van der Waals surface area contributed by atoms with Crippen LogP contribution in [0.15, 0.2) is 143 Å². The van der Waals surface area contributed by atoms with E-state index in [1.54, 1.807) is 11.3 Å². The van der Waals surface area contributed by atoms with Crippen molar-refractivity contribution in [2.45, 2.75) is 32.6 Å². The van der Waals surface area contributed by atoms with Gasteiger partial charge in [0.15, 0.2) is 0 Å². The van der Waals surface area contributed by atoms with Crippen molar-refractivity contribution < 1.29 is 4.42 Å². The molecule has 2 aromatic heterocycles. The molecule has 2 aliphatic rings. The molecule has 0 fully saturated rings. The molecule has 3 heteroatoms. The zero-order valence-electron chi connectivity index (χ0n) is 28.8. The van der Waals surface area contributed by atoms with E-state index in [1.807, 2.05) is 0 Å². The van der Waals surface area contributed by atoms with Gasteiger partial charge in [-0.15, -0.1) is 11.3 Å². The minimum Gasteiger partial charge on any atom is -0.456 e. The lowest BCUT2D eigenvalue weighted by atomic mass is 9.83. The lowest BCUT2D eigenvalue weighted by molar-refractivity contribution is 0.586. The summed E-state index contributed by atoms with van der Waals surface area (Å²) in [5.74, 6) is 1.93. The summed E-state index contributed by atoms with van der Waals surface area (Å²) in [6, 6.07) is 44.7. The molecule has 0 bridgehead atoms. The van der Waals surface area contributed by atoms with E-state index >= 15 is 0 Å². The van der Waals surface area contributed by atoms with E-state index in [4.69, 9.17) is 4.42 Å². The van der Waals surface area contributed by atoms with Gasteiger partial charge in [-0.05, 0) is 128 Å². The average molecular weight is 676 g/mol. The van der Waals surface area contributed by atoms with E-state index in [1.165, 1.54) is 65.2 Å². The summed E-state index contributed by atoms with van der Waals surface area (Å²) < 4.78 is 6.52. The van der Waals surface area contributed by atoms with Gasteiger partial charge in [0.1, 0.15) is 11.3 Å². The van der Waals surface area contributed by atoms with Crippen LogP contribution < -0.4 is 4.90 Å². The number of benzene rings is 6. The highest BCUT2D eigenvalue weighted by Gasteiger charge is 2.24. The Balaban J connectivity index is 1.13. The van der Waals surface area contributed by atoms with Gasteiger partial charge in [-0.2, -0.15) is 0 Å². The molecule has 8 aromatic rings. The number of thiophene rings is 1. The summed E-state index contributed by atoms with van der Waals surface area (Å²) >= 11 is 1.80. The van der Waals surface area contributed by atoms with E-state index in [2.05, 4.69) is 170 Å². The summed E-state index contributed by atoms with van der Waals surface area (Å²) in [6.45, 7) is 4.62. The minimum absolute atomic E-state index is 0.443. The average Bonchev–Trinajstić information content (AvgIpc) is 3.82. The molecule has 246 valence electrons. The Bertz CT molecular complexity index is 2670. The van der Waals surface area contributed by atoms with Crippen LogP contribution in [0.2, 0.25) is 0 Å². The van der Waals surface area contributed by atoms with E-state index in [9.17, 15) is 0 Å². The second-order valence-corrected chi connectivity index (χ2v) is 15.2. The molecule has 10 rings (SSSR count). The first kappa shape index (κ1) is 30.2. The maximum Gasteiger partial charge on any atom is 0.137 e. The maximum atomic E-state index is 6.52. The van der Waals surface area contributed by atoms with Gasteiger partial charge in [-0.25, -0.2) is 0 Å². The number of rotatable bonds is 5. The predicted molar refractivity (Wildman–Crippen MR) is 219 cm³/mol. The van der Waals surface area contributed by atoms with Crippen molar-refractivity contribution in [1.29, 1.82) is 0 Å². The van der Waals surface area contributed by atoms with Crippen molar-refractivity contribution >= 4 is 73.1 Å². The lowest BCUT2D eigenvalue weighted by Gasteiger charge is -2.27. The molecular weight excluding hydrogens is 639 g/mol. The highest BCUT2D eigenvalue weighted by molar-refractivity contribution is 7.14. The van der Waals surface area contributed by atoms with Gasteiger partial charge in [-0.1, -0.05) is 105 Å². The summed E-state index contributed by atoms with van der Waals surface area (Å²) in [5, 5.41) is 8.77. The Labute approximate surface area is 302 Å². The Morgan fingerprint density at radius 1 is 0.627 bits per heavy atom. The molecule has 2 aliphatic carbocycles. The molecule has 0 radical (unpaired) electrons. The van der Waals surface area contributed by atoms with Gasteiger partial charge in [0, 0.05) is 39.0 Å². The number of fused-ring (bicyclic) bond motifs is 9. The van der Waals surface area contributed by atoms with Gasteiger partial charge >= 0.3 is 0 Å². The van der Waals surface area contributed by atoms with Crippen molar-refractivity contribution in [2.24, 2.45) is 5.92 Å². The lowest BCUT2D eigenvalue weighted by Crippen LogP contribution is -2.11. The van der Waals surface area contributed by atoms with Gasteiger partial charge in [0.2, 0.25) is 0 Å². The van der Waals surface area contributed by atoms with Crippen LogP contribution in [0.25, 0.3) is 66.2 Å². The van der Waals surface area contributed by atoms with Crippen LogP contribution in [0, 0.1) is 5.92 Å². The van der Waals surface area contributed by atoms with Crippen molar-refractivity contribution in [3.05, 3.63) is 161 Å². The highest BCUT2D eigenvalue weighted by atomic mass is 32.1. The summed E-state index contributed by atoms with van der Waals surface area (Å²) in [6.07, 6.45) is 11.2. The molecule has 6 aromatic carbocycles. The van der Waals surface area contributed by atoms with Crippen LogP contribution in [0.4, 0.5) is 17.1 Å². The molecule has 2 atom stereocenters. The predicted octanol–water partition coefficient (Wildman–Crippen LogP) is 14.3. The van der Waals surface area contributed by atoms with Crippen molar-refractivity contribution in [2.75, 3.05) is 4.90 Å². The SMILES string of the molecule is CC1C=Cc2c(c3cc(N(c4ccc(-c5csc(-c6ccccc6)c5)cc4)c4ccc5c6c(oc5c4)C=CCC6C)ccc3c3ccccc23)C1. The third-order valence-electron chi connectivity index (χ3n) is 10.9. The van der Waals surface area contributed by atoms with E-state index in [-0.39, 0.29) is 0 Å². The number of nitrogens with zero attached hydrogens (tertiary/aromatic N) is 1. The largest absolute Gasteiger partial charge is 0.456 e. The number of hydrogen-bond acceptors (Lipinski definition) is 3. The van der Waals surface area contributed by atoms with Crippen LogP contribution >= 0.6 is 11.3 Å². The van der Waals surface area contributed by atoms with Crippen molar-refractivity contribution in [3.8, 4) is 21.6 Å². The van der Waals surface area contributed by atoms with E-state index in [0.717, 1.165) is 41.2 Å². The smallest absolute Gasteiger partial charge is 0.137 e. The van der Waals surface area contributed by atoms with Gasteiger partial charge < -0.3 is 9.32 Å². The quantitative estimate of drug-likeness (QED) is 0.169. The number of anilines is 3. The summed E-state index contributed by atoms with van der Waals surface area (Å²) in [4.78, 5) is 3.68. The molecule has 2 unspecified atom stereocenters. The van der Waals surface area contributed by atoms with Crippen LogP contribution in [-0.4, -0.2) is 0 Å². The Morgan fingerprint density at radius 2 is 1.35 bits per heavy atom. The Hall–Kier alpha value is -5.64. The van der Waals surface area contributed by atoms with Crippen LogP contribution in [-0.2, 0) is 6.42 Å². The second-order valence-electron chi connectivity index (χ2n) is 14.3. The molecule has 0 saturated heterocycles. The van der Waals surface area contributed by atoms with Gasteiger partial charge in [0.05, 0.1) is 0 Å². The first-order chi connectivity index (χ1) is 25.1. The fourth-order valence-electron chi connectivity index (χ4n) is 8.36. The maximum absolute atomic E-state index is 6.52. The van der Waals surface area contributed by atoms with Crippen molar-refractivity contribution in [3.63, 3.8) is 0 Å². The first-order valence-corrected chi connectivity index (χ1v) is 18.9. The normalized spacial score (nSPS) is 16.5. The third-order valence-corrected chi connectivity index (χ3v) is 11.9. The number of allylic oxidation sites excluding steroid dienone is 2.